The van der Waals surface area contributed by atoms with E-state index in [1.165, 1.54) is 30.6 Å². The number of halogens is 1. The Kier molecular flexibility index (Phi) is 6.60. The van der Waals surface area contributed by atoms with Gasteiger partial charge >= 0.3 is 5.97 Å². The van der Waals surface area contributed by atoms with Gasteiger partial charge in [-0.25, -0.2) is 9.37 Å². The summed E-state index contributed by atoms with van der Waals surface area (Å²) in [6.45, 7) is 2.48. The number of rotatable bonds is 8. The maximum absolute atomic E-state index is 13.7. The van der Waals surface area contributed by atoms with E-state index in [2.05, 4.69) is 4.98 Å². The minimum Gasteiger partial charge on any atom is -0.494 e. The van der Waals surface area contributed by atoms with Gasteiger partial charge in [0.1, 0.15) is 17.4 Å². The SMILES string of the molecule is CCOc1ccccc1-c1nc(CC(=O)OCc2ccc(OC)c(F)c2)cs1. The monoisotopic (exact) mass is 401 g/mol. The first-order valence-electron chi connectivity index (χ1n) is 8.75. The minimum atomic E-state index is -0.492. The van der Waals surface area contributed by atoms with Crippen molar-refractivity contribution in [2.45, 2.75) is 20.0 Å². The topological polar surface area (TPSA) is 57.7 Å². The highest BCUT2D eigenvalue weighted by atomic mass is 32.1. The Hall–Kier alpha value is -2.93. The van der Waals surface area contributed by atoms with Crippen molar-refractivity contribution < 1.29 is 23.4 Å². The molecule has 0 aliphatic heterocycles. The van der Waals surface area contributed by atoms with E-state index in [0.717, 1.165) is 16.3 Å². The van der Waals surface area contributed by atoms with Gasteiger partial charge in [-0.15, -0.1) is 11.3 Å². The molecule has 3 rings (SSSR count). The Bertz CT molecular complexity index is 957. The van der Waals surface area contributed by atoms with E-state index in [0.29, 0.717) is 17.9 Å². The molecule has 0 saturated carbocycles. The molecular weight excluding hydrogens is 381 g/mol. The zero-order valence-corrected chi connectivity index (χ0v) is 16.4. The van der Waals surface area contributed by atoms with Gasteiger partial charge in [0.25, 0.3) is 0 Å². The zero-order valence-electron chi connectivity index (χ0n) is 15.6. The molecule has 0 atom stereocenters. The van der Waals surface area contributed by atoms with Gasteiger partial charge in [0.05, 0.1) is 31.4 Å². The Balaban J connectivity index is 1.61. The Morgan fingerprint density at radius 3 is 2.75 bits per heavy atom. The molecule has 7 heteroatoms. The Labute approximate surface area is 166 Å². The third-order valence-corrected chi connectivity index (χ3v) is 4.83. The molecule has 0 amide bonds. The van der Waals surface area contributed by atoms with Gasteiger partial charge in [-0.1, -0.05) is 18.2 Å². The lowest BCUT2D eigenvalue weighted by atomic mass is 10.2. The van der Waals surface area contributed by atoms with E-state index < -0.39 is 11.8 Å². The number of hydrogen-bond donors (Lipinski definition) is 0. The van der Waals surface area contributed by atoms with Crippen molar-refractivity contribution in [3.63, 3.8) is 0 Å². The molecule has 28 heavy (non-hydrogen) atoms. The maximum Gasteiger partial charge on any atom is 0.312 e. The van der Waals surface area contributed by atoms with Crippen LogP contribution in [0.5, 0.6) is 11.5 Å². The van der Waals surface area contributed by atoms with Crippen LogP contribution in [0.3, 0.4) is 0 Å². The molecule has 5 nitrogen and oxygen atoms in total. The number of para-hydroxylation sites is 1. The van der Waals surface area contributed by atoms with Crippen molar-refractivity contribution in [3.8, 4) is 22.1 Å². The van der Waals surface area contributed by atoms with Crippen molar-refractivity contribution >= 4 is 17.3 Å². The van der Waals surface area contributed by atoms with E-state index in [1.807, 2.05) is 36.6 Å². The van der Waals surface area contributed by atoms with Crippen LogP contribution in [0, 0.1) is 5.82 Å². The average molecular weight is 401 g/mol. The molecule has 0 radical (unpaired) electrons. The largest absolute Gasteiger partial charge is 0.494 e. The lowest BCUT2D eigenvalue weighted by Crippen LogP contribution is -2.08. The first-order chi connectivity index (χ1) is 13.6. The first kappa shape index (κ1) is 19.8. The number of esters is 1. The fourth-order valence-electron chi connectivity index (χ4n) is 2.60. The standard InChI is InChI=1S/C21H20FNO4S/c1-3-26-18-7-5-4-6-16(18)21-23-15(13-28-21)11-20(24)27-12-14-8-9-19(25-2)17(22)10-14/h4-10,13H,3,11-12H2,1-2H3. The molecule has 0 N–H and O–H groups in total. The van der Waals surface area contributed by atoms with Crippen LogP contribution in [-0.2, 0) is 22.6 Å². The van der Waals surface area contributed by atoms with Gasteiger partial charge in [0.15, 0.2) is 11.6 Å². The van der Waals surface area contributed by atoms with E-state index in [1.54, 1.807) is 6.07 Å². The number of aromatic nitrogens is 1. The predicted molar refractivity (Wildman–Crippen MR) is 105 cm³/mol. The number of methoxy groups -OCH3 is 1. The van der Waals surface area contributed by atoms with Gasteiger partial charge in [0.2, 0.25) is 0 Å². The summed E-state index contributed by atoms with van der Waals surface area (Å²) in [5.41, 5.74) is 2.07. The third kappa shape index (κ3) is 4.86. The quantitative estimate of drug-likeness (QED) is 0.515. The Morgan fingerprint density at radius 2 is 2.00 bits per heavy atom. The molecular formula is C21H20FNO4S. The number of thiazole rings is 1. The molecule has 0 fully saturated rings. The summed E-state index contributed by atoms with van der Waals surface area (Å²) in [4.78, 5) is 16.6. The molecule has 0 saturated heterocycles. The van der Waals surface area contributed by atoms with Crippen LogP contribution in [0.4, 0.5) is 4.39 Å². The van der Waals surface area contributed by atoms with Gasteiger partial charge in [-0.3, -0.25) is 4.79 Å². The molecule has 1 aromatic heterocycles. The lowest BCUT2D eigenvalue weighted by molar-refractivity contribution is -0.144. The summed E-state index contributed by atoms with van der Waals surface area (Å²) in [7, 11) is 1.40. The van der Waals surface area contributed by atoms with Crippen molar-refractivity contribution in [1.82, 2.24) is 4.98 Å². The summed E-state index contributed by atoms with van der Waals surface area (Å²) in [5.74, 6) is -0.00764. The molecule has 3 aromatic rings. The summed E-state index contributed by atoms with van der Waals surface area (Å²) < 4.78 is 29.4. The van der Waals surface area contributed by atoms with Gasteiger partial charge in [-0.05, 0) is 36.8 Å². The van der Waals surface area contributed by atoms with Gasteiger partial charge < -0.3 is 14.2 Å². The van der Waals surface area contributed by atoms with Crippen molar-refractivity contribution in [1.29, 1.82) is 0 Å². The molecule has 2 aromatic carbocycles. The fourth-order valence-corrected chi connectivity index (χ4v) is 3.45. The van der Waals surface area contributed by atoms with Crippen molar-refractivity contribution in [3.05, 3.63) is 64.9 Å². The fraction of sp³-hybridized carbons (Fsp3) is 0.238. The lowest BCUT2D eigenvalue weighted by Gasteiger charge is -2.07. The Morgan fingerprint density at radius 1 is 1.18 bits per heavy atom. The summed E-state index contributed by atoms with van der Waals surface area (Å²) >= 11 is 1.44. The van der Waals surface area contributed by atoms with Crippen molar-refractivity contribution in [2.24, 2.45) is 0 Å². The maximum atomic E-state index is 13.7. The third-order valence-electron chi connectivity index (χ3n) is 3.91. The molecule has 1 heterocycles. The number of carbonyl (C=O) groups excluding carboxylic acids is 1. The number of nitrogens with zero attached hydrogens (tertiary/aromatic N) is 1. The number of benzene rings is 2. The van der Waals surface area contributed by atoms with Crippen LogP contribution >= 0.6 is 11.3 Å². The predicted octanol–water partition coefficient (Wildman–Crippen LogP) is 4.64. The van der Waals surface area contributed by atoms with Gasteiger partial charge in [0, 0.05) is 5.38 Å². The second-order valence-electron chi connectivity index (χ2n) is 5.88. The van der Waals surface area contributed by atoms with Crippen molar-refractivity contribution in [2.75, 3.05) is 13.7 Å². The molecule has 0 aliphatic rings. The molecule has 146 valence electrons. The van der Waals surface area contributed by atoms with E-state index >= 15 is 0 Å². The normalized spacial score (nSPS) is 10.5. The number of ether oxygens (including phenoxy) is 3. The zero-order chi connectivity index (χ0) is 19.9. The van der Waals surface area contributed by atoms with Crippen LogP contribution < -0.4 is 9.47 Å². The molecule has 0 spiro atoms. The first-order valence-corrected chi connectivity index (χ1v) is 9.63. The highest BCUT2D eigenvalue weighted by molar-refractivity contribution is 7.13. The summed E-state index contributed by atoms with van der Waals surface area (Å²) in [6, 6.07) is 12.1. The van der Waals surface area contributed by atoms with Crippen LogP contribution in [0.1, 0.15) is 18.2 Å². The van der Waals surface area contributed by atoms with E-state index in [9.17, 15) is 9.18 Å². The summed E-state index contributed by atoms with van der Waals surface area (Å²) in [5, 5.41) is 2.61. The molecule has 0 unspecified atom stereocenters. The smallest absolute Gasteiger partial charge is 0.312 e. The summed E-state index contributed by atoms with van der Waals surface area (Å²) in [6.07, 6.45) is 0.0476. The second-order valence-corrected chi connectivity index (χ2v) is 6.74. The van der Waals surface area contributed by atoms with Crippen LogP contribution in [-0.4, -0.2) is 24.7 Å². The highest BCUT2D eigenvalue weighted by Gasteiger charge is 2.13. The second kappa shape index (κ2) is 9.32. The number of carbonyl (C=O) groups is 1. The van der Waals surface area contributed by atoms with Gasteiger partial charge in [-0.2, -0.15) is 0 Å². The average Bonchev–Trinajstić information content (AvgIpc) is 3.15. The van der Waals surface area contributed by atoms with E-state index in [4.69, 9.17) is 14.2 Å². The van der Waals surface area contributed by atoms with Crippen LogP contribution in [0.2, 0.25) is 0 Å². The highest BCUT2D eigenvalue weighted by Crippen LogP contribution is 2.32. The van der Waals surface area contributed by atoms with E-state index in [-0.39, 0.29) is 18.8 Å². The minimum absolute atomic E-state index is 0.0100. The molecule has 0 bridgehead atoms. The number of hydrogen-bond acceptors (Lipinski definition) is 6. The van der Waals surface area contributed by atoms with Crippen LogP contribution in [0.25, 0.3) is 10.6 Å². The van der Waals surface area contributed by atoms with Crippen LogP contribution in [0.15, 0.2) is 47.8 Å². The molecule has 0 aliphatic carbocycles.